The molecule has 1 saturated heterocycles. The standard InChI is InChI=1S/C15H24N2O3S/c1-14(2)10-13(15(3,4)20-14)17-11-6-8-12(9-7-11)21(18,19)16-5/h6-9,13,16-17H,10H2,1-5H3. The summed E-state index contributed by atoms with van der Waals surface area (Å²) in [6, 6.07) is 6.95. The van der Waals surface area contributed by atoms with Gasteiger partial charge in [0.2, 0.25) is 10.0 Å². The molecule has 0 saturated carbocycles. The van der Waals surface area contributed by atoms with E-state index in [1.807, 2.05) is 0 Å². The summed E-state index contributed by atoms with van der Waals surface area (Å²) in [5, 5.41) is 3.44. The maximum Gasteiger partial charge on any atom is 0.240 e. The highest BCUT2D eigenvalue weighted by Gasteiger charge is 2.45. The van der Waals surface area contributed by atoms with Crippen molar-refractivity contribution in [2.75, 3.05) is 12.4 Å². The fourth-order valence-corrected chi connectivity index (χ4v) is 3.57. The Kier molecular flexibility index (Phi) is 4.08. The maximum absolute atomic E-state index is 11.7. The van der Waals surface area contributed by atoms with Crippen molar-refractivity contribution >= 4 is 15.7 Å². The molecule has 1 heterocycles. The summed E-state index contributed by atoms with van der Waals surface area (Å²) in [6.45, 7) is 8.30. The van der Waals surface area contributed by atoms with Gasteiger partial charge in [-0.15, -0.1) is 0 Å². The van der Waals surface area contributed by atoms with E-state index >= 15 is 0 Å². The number of sulfonamides is 1. The first-order valence-corrected chi connectivity index (χ1v) is 8.54. The maximum atomic E-state index is 11.7. The van der Waals surface area contributed by atoms with E-state index in [0.717, 1.165) is 12.1 Å². The van der Waals surface area contributed by atoms with Gasteiger partial charge in [0.25, 0.3) is 0 Å². The normalized spacial score (nSPS) is 24.0. The Morgan fingerprint density at radius 1 is 1.14 bits per heavy atom. The monoisotopic (exact) mass is 312 g/mol. The first kappa shape index (κ1) is 16.3. The highest BCUT2D eigenvalue weighted by Crippen LogP contribution is 2.38. The van der Waals surface area contributed by atoms with Crippen LogP contribution in [0.25, 0.3) is 0 Å². The van der Waals surface area contributed by atoms with Gasteiger partial charge in [-0.3, -0.25) is 0 Å². The second-order valence-corrected chi connectivity index (χ2v) is 8.48. The Morgan fingerprint density at radius 3 is 2.14 bits per heavy atom. The van der Waals surface area contributed by atoms with E-state index in [1.165, 1.54) is 7.05 Å². The third kappa shape index (κ3) is 3.56. The van der Waals surface area contributed by atoms with Crippen molar-refractivity contribution in [3.63, 3.8) is 0 Å². The second-order valence-electron chi connectivity index (χ2n) is 6.60. The topological polar surface area (TPSA) is 67.4 Å². The van der Waals surface area contributed by atoms with Crippen LogP contribution in [0.15, 0.2) is 29.2 Å². The van der Waals surface area contributed by atoms with Crippen molar-refractivity contribution < 1.29 is 13.2 Å². The van der Waals surface area contributed by atoms with E-state index in [-0.39, 0.29) is 22.1 Å². The van der Waals surface area contributed by atoms with Gasteiger partial charge in [-0.05, 0) is 65.4 Å². The lowest BCUT2D eigenvalue weighted by atomic mass is 9.94. The van der Waals surface area contributed by atoms with E-state index in [4.69, 9.17) is 4.74 Å². The van der Waals surface area contributed by atoms with Crippen LogP contribution >= 0.6 is 0 Å². The van der Waals surface area contributed by atoms with Gasteiger partial charge in [-0.25, -0.2) is 13.1 Å². The Bertz CT molecular complexity index is 606. The predicted octanol–water partition coefficient (Wildman–Crippen LogP) is 2.35. The van der Waals surface area contributed by atoms with Crippen LogP contribution in [-0.2, 0) is 14.8 Å². The second kappa shape index (κ2) is 5.26. The number of hydrogen-bond acceptors (Lipinski definition) is 4. The van der Waals surface area contributed by atoms with Gasteiger partial charge in [-0.1, -0.05) is 0 Å². The number of nitrogens with one attached hydrogen (secondary N) is 2. The number of hydrogen-bond donors (Lipinski definition) is 2. The van der Waals surface area contributed by atoms with Crippen LogP contribution in [0.3, 0.4) is 0 Å². The highest BCUT2D eigenvalue weighted by molar-refractivity contribution is 7.89. The number of anilines is 1. The minimum atomic E-state index is -3.39. The third-order valence-corrected chi connectivity index (χ3v) is 5.28. The van der Waals surface area contributed by atoms with E-state index in [1.54, 1.807) is 24.3 Å². The molecule has 118 valence electrons. The molecular weight excluding hydrogens is 288 g/mol. The molecule has 0 aliphatic carbocycles. The molecule has 0 amide bonds. The van der Waals surface area contributed by atoms with Crippen LogP contribution in [0.5, 0.6) is 0 Å². The minimum absolute atomic E-state index is 0.156. The largest absolute Gasteiger partial charge is 0.379 e. The fourth-order valence-electron chi connectivity index (χ4n) is 2.84. The Morgan fingerprint density at radius 2 is 1.71 bits per heavy atom. The molecule has 0 aromatic heterocycles. The molecule has 0 spiro atoms. The van der Waals surface area contributed by atoms with Gasteiger partial charge in [0.05, 0.1) is 22.1 Å². The van der Waals surface area contributed by atoms with Crippen LogP contribution in [0.2, 0.25) is 0 Å². The molecule has 1 fully saturated rings. The fraction of sp³-hybridized carbons (Fsp3) is 0.600. The molecule has 1 aliphatic heterocycles. The molecule has 0 bridgehead atoms. The first-order valence-electron chi connectivity index (χ1n) is 7.06. The quantitative estimate of drug-likeness (QED) is 0.895. The molecule has 1 aromatic carbocycles. The molecule has 1 atom stereocenters. The van der Waals surface area contributed by atoms with Crippen LogP contribution in [0.1, 0.15) is 34.1 Å². The van der Waals surface area contributed by atoms with E-state index in [2.05, 4.69) is 37.7 Å². The Balaban J connectivity index is 2.15. The Hall–Kier alpha value is -1.11. The lowest BCUT2D eigenvalue weighted by Gasteiger charge is -2.28. The van der Waals surface area contributed by atoms with Crippen molar-refractivity contribution in [2.24, 2.45) is 0 Å². The summed E-state index contributed by atoms with van der Waals surface area (Å²) in [6.07, 6.45) is 0.899. The Labute approximate surface area is 127 Å². The predicted molar refractivity (Wildman–Crippen MR) is 84.0 cm³/mol. The van der Waals surface area contributed by atoms with Gasteiger partial charge in [0.15, 0.2) is 0 Å². The number of rotatable bonds is 4. The zero-order valence-electron chi connectivity index (χ0n) is 13.2. The van der Waals surface area contributed by atoms with Gasteiger partial charge < -0.3 is 10.1 Å². The van der Waals surface area contributed by atoms with E-state index in [9.17, 15) is 8.42 Å². The zero-order chi connectivity index (χ0) is 15.9. The summed E-state index contributed by atoms with van der Waals surface area (Å²) >= 11 is 0. The third-order valence-electron chi connectivity index (χ3n) is 3.85. The van der Waals surface area contributed by atoms with Gasteiger partial charge in [0.1, 0.15) is 0 Å². The van der Waals surface area contributed by atoms with Crippen LogP contribution in [-0.4, -0.2) is 32.7 Å². The smallest absolute Gasteiger partial charge is 0.240 e. The minimum Gasteiger partial charge on any atom is -0.379 e. The molecule has 0 radical (unpaired) electrons. The molecule has 1 unspecified atom stereocenters. The van der Waals surface area contributed by atoms with Gasteiger partial charge >= 0.3 is 0 Å². The highest BCUT2D eigenvalue weighted by atomic mass is 32.2. The molecule has 5 nitrogen and oxygen atoms in total. The van der Waals surface area contributed by atoms with E-state index in [0.29, 0.717) is 0 Å². The van der Waals surface area contributed by atoms with E-state index < -0.39 is 10.0 Å². The van der Waals surface area contributed by atoms with Crippen molar-refractivity contribution in [1.29, 1.82) is 0 Å². The summed E-state index contributed by atoms with van der Waals surface area (Å²) in [5.74, 6) is 0. The average Bonchev–Trinajstić information content (AvgIpc) is 2.57. The average molecular weight is 312 g/mol. The molecular formula is C15H24N2O3S. The van der Waals surface area contributed by atoms with Crippen LogP contribution in [0.4, 0.5) is 5.69 Å². The SMILES string of the molecule is CNS(=O)(=O)c1ccc(NC2CC(C)(C)OC2(C)C)cc1. The van der Waals surface area contributed by atoms with Crippen molar-refractivity contribution in [2.45, 2.75) is 56.3 Å². The lowest BCUT2D eigenvalue weighted by Crippen LogP contribution is -2.38. The van der Waals surface area contributed by atoms with Crippen molar-refractivity contribution in [3.8, 4) is 0 Å². The van der Waals surface area contributed by atoms with Crippen molar-refractivity contribution in [1.82, 2.24) is 4.72 Å². The molecule has 21 heavy (non-hydrogen) atoms. The van der Waals surface area contributed by atoms with Crippen LogP contribution in [0, 0.1) is 0 Å². The first-order chi connectivity index (χ1) is 9.56. The summed E-state index contributed by atoms with van der Waals surface area (Å²) < 4.78 is 31.7. The molecule has 1 aromatic rings. The van der Waals surface area contributed by atoms with Gasteiger partial charge in [0, 0.05) is 5.69 Å². The zero-order valence-corrected chi connectivity index (χ0v) is 14.0. The molecule has 2 N–H and O–H groups in total. The number of benzene rings is 1. The summed E-state index contributed by atoms with van der Waals surface area (Å²) in [4.78, 5) is 0.262. The molecule has 2 rings (SSSR count). The molecule has 1 aliphatic rings. The lowest BCUT2D eigenvalue weighted by molar-refractivity contribution is -0.0662. The summed E-state index contributed by atoms with van der Waals surface area (Å²) in [7, 11) is -1.98. The van der Waals surface area contributed by atoms with Gasteiger partial charge in [-0.2, -0.15) is 0 Å². The number of ether oxygens (including phenoxy) is 1. The van der Waals surface area contributed by atoms with Crippen LogP contribution < -0.4 is 10.0 Å². The summed E-state index contributed by atoms with van der Waals surface area (Å²) in [5.41, 5.74) is 0.472. The van der Waals surface area contributed by atoms with Crippen molar-refractivity contribution in [3.05, 3.63) is 24.3 Å². The molecule has 6 heteroatoms.